The van der Waals surface area contributed by atoms with Crippen molar-refractivity contribution >= 4 is 39.0 Å². The van der Waals surface area contributed by atoms with Gasteiger partial charge in [0.2, 0.25) is 5.55 Å². The number of hydrogen-bond acceptors (Lipinski definition) is 6. The third-order valence-corrected chi connectivity index (χ3v) is 4.68. The zero-order valence-corrected chi connectivity index (χ0v) is 16.2. The molecule has 29 heavy (non-hydrogen) atoms. The summed E-state index contributed by atoms with van der Waals surface area (Å²) >= 11 is 1.30. The van der Waals surface area contributed by atoms with Gasteiger partial charge in [0.25, 0.3) is 5.91 Å². The fourth-order valence-corrected chi connectivity index (χ4v) is 3.25. The van der Waals surface area contributed by atoms with Crippen molar-refractivity contribution in [2.75, 3.05) is 11.9 Å². The Hall–Kier alpha value is -3.52. The Balaban J connectivity index is 1.89. The summed E-state index contributed by atoms with van der Waals surface area (Å²) < 4.78 is 24.9. The molecule has 0 radical (unpaired) electrons. The van der Waals surface area contributed by atoms with Gasteiger partial charge in [-0.1, -0.05) is 12.1 Å². The number of benzene rings is 2. The molecule has 0 saturated heterocycles. The van der Waals surface area contributed by atoms with Gasteiger partial charge >= 0.3 is 0 Å². The van der Waals surface area contributed by atoms with E-state index in [-0.39, 0.29) is 16.9 Å². The summed E-state index contributed by atoms with van der Waals surface area (Å²) in [6.45, 7) is 2.34. The topological polar surface area (TPSA) is 76.7 Å². The lowest BCUT2D eigenvalue weighted by Gasteiger charge is -2.09. The van der Waals surface area contributed by atoms with Gasteiger partial charge in [0.15, 0.2) is 16.5 Å². The molecule has 146 valence electrons. The van der Waals surface area contributed by atoms with Crippen molar-refractivity contribution in [3.8, 4) is 5.75 Å². The first kappa shape index (κ1) is 18.8. The van der Waals surface area contributed by atoms with Gasteiger partial charge in [0.05, 0.1) is 12.3 Å². The first-order valence-corrected chi connectivity index (χ1v) is 9.73. The third-order valence-electron chi connectivity index (χ3n) is 3.99. The monoisotopic (exact) mass is 409 g/mol. The number of nitrogens with one attached hydrogen (secondary N) is 1. The second-order valence-corrected chi connectivity index (χ2v) is 6.85. The average Bonchev–Trinajstić information content (AvgIpc) is 3.23. The molecule has 6 nitrogen and oxygen atoms in total. The molecule has 0 spiro atoms. The summed E-state index contributed by atoms with van der Waals surface area (Å²) in [6.07, 6.45) is 1.60. The Bertz CT molecular complexity index is 1220. The van der Waals surface area contributed by atoms with E-state index in [9.17, 15) is 9.18 Å². The van der Waals surface area contributed by atoms with E-state index in [0.29, 0.717) is 34.1 Å². The predicted octanol–water partition coefficient (Wildman–Crippen LogP) is 4.91. The molecule has 0 aliphatic rings. The van der Waals surface area contributed by atoms with Gasteiger partial charge in [0.1, 0.15) is 11.4 Å². The fraction of sp³-hybridized carbons (Fsp3) is 0.0952. The summed E-state index contributed by atoms with van der Waals surface area (Å²) in [6, 6.07) is 12.7. The minimum Gasteiger partial charge on any atom is -0.490 e. The summed E-state index contributed by atoms with van der Waals surface area (Å²) in [5.74, 6) is -0.236. The first-order valence-electron chi connectivity index (χ1n) is 8.85. The maximum Gasteiger partial charge on any atom is 0.262 e. The van der Waals surface area contributed by atoms with Crippen LogP contribution in [0.25, 0.3) is 11.0 Å². The van der Waals surface area contributed by atoms with Crippen molar-refractivity contribution in [3.63, 3.8) is 0 Å². The summed E-state index contributed by atoms with van der Waals surface area (Å²) in [5, 5.41) is 5.65. The van der Waals surface area contributed by atoms with Crippen LogP contribution in [0.4, 0.5) is 15.2 Å². The van der Waals surface area contributed by atoms with E-state index in [4.69, 9.17) is 9.15 Å². The zero-order valence-electron chi connectivity index (χ0n) is 15.4. The Kier molecular flexibility index (Phi) is 5.35. The first-order chi connectivity index (χ1) is 14.1. The van der Waals surface area contributed by atoms with Gasteiger partial charge in [-0.2, -0.15) is 0 Å². The normalized spacial score (nSPS) is 11.6. The minimum absolute atomic E-state index is 0.0883. The van der Waals surface area contributed by atoms with E-state index < -0.39 is 5.91 Å². The SMILES string of the molecule is CCOc1cccc2cc(C(=O)Nc3nccs3)c(=Nc3ccc(F)cc3)oc12. The fourth-order valence-electron chi connectivity index (χ4n) is 2.72. The van der Waals surface area contributed by atoms with Crippen LogP contribution in [0.2, 0.25) is 0 Å². The number of para-hydroxylation sites is 1. The van der Waals surface area contributed by atoms with Crippen LogP contribution in [0, 0.1) is 5.82 Å². The second kappa shape index (κ2) is 8.24. The highest BCUT2D eigenvalue weighted by Crippen LogP contribution is 2.26. The molecule has 1 amide bonds. The van der Waals surface area contributed by atoms with Gasteiger partial charge in [0, 0.05) is 17.0 Å². The van der Waals surface area contributed by atoms with Crippen molar-refractivity contribution in [3.05, 3.63) is 77.0 Å². The number of fused-ring (bicyclic) bond motifs is 1. The van der Waals surface area contributed by atoms with Crippen molar-refractivity contribution in [1.82, 2.24) is 4.98 Å². The lowest BCUT2D eigenvalue weighted by molar-refractivity contribution is 0.102. The molecule has 2 heterocycles. The van der Waals surface area contributed by atoms with E-state index in [1.54, 1.807) is 23.7 Å². The highest BCUT2D eigenvalue weighted by Gasteiger charge is 2.16. The number of aromatic nitrogens is 1. The zero-order chi connectivity index (χ0) is 20.2. The summed E-state index contributed by atoms with van der Waals surface area (Å²) in [7, 11) is 0. The molecule has 2 aromatic carbocycles. The number of carbonyl (C=O) groups is 1. The largest absolute Gasteiger partial charge is 0.490 e. The molecule has 0 fully saturated rings. The molecule has 0 bridgehead atoms. The Morgan fingerprint density at radius 1 is 1.28 bits per heavy atom. The van der Waals surface area contributed by atoms with Crippen LogP contribution in [-0.2, 0) is 0 Å². The van der Waals surface area contributed by atoms with Crippen LogP contribution in [-0.4, -0.2) is 17.5 Å². The molecule has 0 atom stereocenters. The molecule has 0 saturated carbocycles. The molecule has 8 heteroatoms. The lowest BCUT2D eigenvalue weighted by Crippen LogP contribution is -2.21. The number of thiazole rings is 1. The highest BCUT2D eigenvalue weighted by atomic mass is 32.1. The van der Waals surface area contributed by atoms with Gasteiger partial charge in [-0.05, 0) is 43.3 Å². The van der Waals surface area contributed by atoms with E-state index in [2.05, 4.69) is 15.3 Å². The maximum atomic E-state index is 13.2. The third kappa shape index (κ3) is 4.17. The van der Waals surface area contributed by atoms with Crippen LogP contribution in [0.15, 0.2) is 69.5 Å². The van der Waals surface area contributed by atoms with Crippen LogP contribution in [0.5, 0.6) is 5.75 Å². The van der Waals surface area contributed by atoms with Crippen molar-refractivity contribution in [2.24, 2.45) is 4.99 Å². The van der Waals surface area contributed by atoms with E-state index >= 15 is 0 Å². The van der Waals surface area contributed by atoms with Crippen molar-refractivity contribution in [2.45, 2.75) is 6.92 Å². The maximum absolute atomic E-state index is 13.2. The number of ether oxygens (including phenoxy) is 1. The van der Waals surface area contributed by atoms with E-state index in [1.807, 2.05) is 19.1 Å². The molecule has 4 aromatic rings. The number of carbonyl (C=O) groups excluding carboxylic acids is 1. The van der Waals surface area contributed by atoms with Crippen LogP contribution in [0.1, 0.15) is 17.3 Å². The van der Waals surface area contributed by atoms with Gasteiger partial charge in [-0.3, -0.25) is 10.1 Å². The molecule has 4 rings (SSSR count). The van der Waals surface area contributed by atoms with Crippen LogP contribution < -0.4 is 15.6 Å². The quantitative estimate of drug-likeness (QED) is 0.508. The van der Waals surface area contributed by atoms with Gasteiger partial charge in [-0.15, -0.1) is 11.3 Å². The number of hydrogen-bond donors (Lipinski definition) is 1. The number of amides is 1. The minimum atomic E-state index is -0.409. The molecular formula is C21H16FN3O3S. The highest BCUT2D eigenvalue weighted by molar-refractivity contribution is 7.13. The average molecular weight is 409 g/mol. The predicted molar refractivity (Wildman–Crippen MR) is 109 cm³/mol. The lowest BCUT2D eigenvalue weighted by atomic mass is 10.1. The molecule has 1 N–H and O–H groups in total. The molecule has 0 unspecified atom stereocenters. The summed E-state index contributed by atoms with van der Waals surface area (Å²) in [4.78, 5) is 21.4. The molecule has 0 aliphatic carbocycles. The number of halogens is 1. The Labute approximate surface area is 169 Å². The smallest absolute Gasteiger partial charge is 0.262 e. The van der Waals surface area contributed by atoms with Crippen molar-refractivity contribution in [1.29, 1.82) is 0 Å². The van der Waals surface area contributed by atoms with Gasteiger partial charge in [-0.25, -0.2) is 14.4 Å². The number of anilines is 1. The summed E-state index contributed by atoms with van der Waals surface area (Å²) in [5.41, 5.74) is 1.24. The van der Waals surface area contributed by atoms with E-state index in [1.165, 1.54) is 35.6 Å². The Morgan fingerprint density at radius 3 is 2.83 bits per heavy atom. The Morgan fingerprint density at radius 2 is 2.10 bits per heavy atom. The van der Waals surface area contributed by atoms with Gasteiger partial charge < -0.3 is 9.15 Å². The van der Waals surface area contributed by atoms with Crippen LogP contribution in [0.3, 0.4) is 0 Å². The number of rotatable bonds is 5. The molecular weight excluding hydrogens is 393 g/mol. The molecule has 0 aliphatic heterocycles. The standard InChI is InChI=1S/C21H16FN3O3S/c1-2-27-17-5-3-4-13-12-16(19(26)25-21-23-10-11-29-21)20(28-18(13)17)24-15-8-6-14(22)7-9-15/h3-12H,2H2,1H3,(H,23,25,26). The van der Waals surface area contributed by atoms with E-state index in [0.717, 1.165) is 0 Å². The van der Waals surface area contributed by atoms with Crippen LogP contribution >= 0.6 is 11.3 Å². The molecule has 2 aromatic heterocycles. The van der Waals surface area contributed by atoms with Crippen molar-refractivity contribution < 1.29 is 18.3 Å². The number of nitrogens with zero attached hydrogens (tertiary/aromatic N) is 2. The second-order valence-electron chi connectivity index (χ2n) is 5.95.